The maximum atomic E-state index is 13.9. The predicted octanol–water partition coefficient (Wildman–Crippen LogP) is 3.14. The molecule has 0 aromatic heterocycles. The molecular weight excluding hydrogens is 524 g/mol. The van der Waals surface area contributed by atoms with Crippen LogP contribution in [-0.4, -0.2) is 62.0 Å². The number of hydrogen-bond donors (Lipinski definition) is 4. The van der Waals surface area contributed by atoms with Gasteiger partial charge in [-0.15, -0.1) is 0 Å². The molecule has 2 heterocycles. The number of nitrogens with one attached hydrogen (secondary N) is 3. The summed E-state index contributed by atoms with van der Waals surface area (Å²) in [5, 5.41) is 10.3. The van der Waals surface area contributed by atoms with Crippen LogP contribution in [0.5, 0.6) is 0 Å². The maximum Gasteiger partial charge on any atom is 0.245 e. The van der Waals surface area contributed by atoms with Crippen LogP contribution >= 0.6 is 11.6 Å². The SMILES string of the molecule is NCCNc1ccccc1N1CCN(C(=O)[C@@H](Cc2ccc(Cl)cc2)NC(=O)C2N[CH]Cc3ccccc32)CC1. The minimum absolute atomic E-state index is 0.0782. The molecule has 40 heavy (non-hydrogen) atoms. The zero-order valence-corrected chi connectivity index (χ0v) is 23.2. The molecular formula is C31H36ClN6O2. The molecule has 2 atom stereocenters. The van der Waals surface area contributed by atoms with E-state index in [-0.39, 0.29) is 11.8 Å². The normalized spacial score (nSPS) is 17.6. The number of nitrogens with zero attached hydrogens (tertiary/aromatic N) is 2. The molecule has 8 nitrogen and oxygen atoms in total. The number of piperazine rings is 1. The van der Waals surface area contributed by atoms with Crippen LogP contribution in [0.4, 0.5) is 11.4 Å². The Kier molecular flexibility index (Phi) is 9.21. The molecule has 3 aromatic carbocycles. The quantitative estimate of drug-likeness (QED) is 0.321. The Morgan fingerprint density at radius 2 is 1.70 bits per heavy atom. The molecule has 209 valence electrons. The molecule has 2 amide bonds. The van der Waals surface area contributed by atoms with E-state index >= 15 is 0 Å². The van der Waals surface area contributed by atoms with Gasteiger partial charge in [-0.2, -0.15) is 0 Å². The Hall–Kier alpha value is -3.59. The van der Waals surface area contributed by atoms with Gasteiger partial charge in [0, 0.05) is 57.3 Å². The predicted molar refractivity (Wildman–Crippen MR) is 160 cm³/mol. The van der Waals surface area contributed by atoms with Crippen molar-refractivity contribution in [3.63, 3.8) is 0 Å². The van der Waals surface area contributed by atoms with Gasteiger partial charge in [0.2, 0.25) is 11.8 Å². The molecule has 0 saturated carbocycles. The molecule has 2 aliphatic rings. The number of halogens is 1. The summed E-state index contributed by atoms with van der Waals surface area (Å²) in [4.78, 5) is 31.6. The first-order valence-corrected chi connectivity index (χ1v) is 14.2. The van der Waals surface area contributed by atoms with Crippen molar-refractivity contribution in [3.05, 3.63) is 101 Å². The van der Waals surface area contributed by atoms with Crippen LogP contribution in [0.1, 0.15) is 22.7 Å². The molecule has 1 radical (unpaired) electrons. The average Bonchev–Trinajstić information content (AvgIpc) is 3.00. The van der Waals surface area contributed by atoms with Crippen LogP contribution in [0.15, 0.2) is 72.8 Å². The number of amides is 2. The highest BCUT2D eigenvalue weighted by atomic mass is 35.5. The van der Waals surface area contributed by atoms with Gasteiger partial charge in [-0.3, -0.25) is 14.9 Å². The number of nitrogens with two attached hydrogens (primary N) is 1. The summed E-state index contributed by atoms with van der Waals surface area (Å²) >= 11 is 6.10. The lowest BCUT2D eigenvalue weighted by Gasteiger charge is -2.38. The molecule has 2 aliphatic heterocycles. The van der Waals surface area contributed by atoms with Gasteiger partial charge >= 0.3 is 0 Å². The van der Waals surface area contributed by atoms with Crippen molar-refractivity contribution in [1.82, 2.24) is 15.5 Å². The maximum absolute atomic E-state index is 13.9. The number of benzene rings is 3. The number of rotatable bonds is 9. The van der Waals surface area contributed by atoms with Crippen molar-refractivity contribution in [2.75, 3.05) is 49.5 Å². The fourth-order valence-electron chi connectivity index (χ4n) is 5.40. The van der Waals surface area contributed by atoms with Gasteiger partial charge in [0.15, 0.2) is 0 Å². The number of carbonyl (C=O) groups excluding carboxylic acids is 2. The van der Waals surface area contributed by atoms with E-state index in [9.17, 15) is 9.59 Å². The molecule has 1 fully saturated rings. The zero-order valence-electron chi connectivity index (χ0n) is 22.5. The first kappa shape index (κ1) is 28.0. The van der Waals surface area contributed by atoms with Crippen molar-refractivity contribution < 1.29 is 9.59 Å². The van der Waals surface area contributed by atoms with Crippen molar-refractivity contribution in [2.45, 2.75) is 24.9 Å². The first-order chi connectivity index (χ1) is 19.5. The van der Waals surface area contributed by atoms with Gasteiger partial charge in [0.1, 0.15) is 12.1 Å². The number of fused-ring (bicyclic) bond motifs is 1. The molecule has 0 spiro atoms. The molecule has 1 unspecified atom stereocenters. The second-order valence-corrected chi connectivity index (χ2v) is 10.6. The second-order valence-electron chi connectivity index (χ2n) is 10.1. The minimum Gasteiger partial charge on any atom is -0.382 e. The lowest BCUT2D eigenvalue weighted by atomic mass is 9.93. The van der Waals surface area contributed by atoms with Crippen molar-refractivity contribution in [2.24, 2.45) is 5.73 Å². The topological polar surface area (TPSA) is 103 Å². The second kappa shape index (κ2) is 13.2. The molecule has 0 aliphatic carbocycles. The summed E-state index contributed by atoms with van der Waals surface area (Å²) in [5.74, 6) is -0.292. The number of hydrogen-bond acceptors (Lipinski definition) is 6. The van der Waals surface area contributed by atoms with E-state index in [0.29, 0.717) is 50.7 Å². The van der Waals surface area contributed by atoms with Crippen molar-refractivity contribution >= 4 is 34.8 Å². The third-order valence-corrected chi connectivity index (χ3v) is 7.75. The molecule has 5 N–H and O–H groups in total. The first-order valence-electron chi connectivity index (χ1n) is 13.8. The number of anilines is 2. The summed E-state index contributed by atoms with van der Waals surface area (Å²) in [7, 11) is 0. The zero-order chi connectivity index (χ0) is 27.9. The van der Waals surface area contributed by atoms with E-state index in [1.54, 1.807) is 0 Å². The van der Waals surface area contributed by atoms with Crippen LogP contribution in [0.25, 0.3) is 0 Å². The van der Waals surface area contributed by atoms with Gasteiger partial charge in [-0.25, -0.2) is 0 Å². The molecule has 0 bridgehead atoms. The van der Waals surface area contributed by atoms with Crippen LogP contribution in [-0.2, 0) is 22.4 Å². The van der Waals surface area contributed by atoms with E-state index in [1.165, 1.54) is 0 Å². The number of carbonyl (C=O) groups is 2. The Bertz CT molecular complexity index is 1310. The standard InChI is InChI=1S/C31H36ClN6O2/c32-24-11-9-22(10-12-24)21-27(36-30(39)29-25-6-2-1-5-23(25)13-15-35-29)31(40)38-19-17-37(18-20-38)28-8-4-3-7-26(28)34-16-14-33/h1-12,15,27,29,34-35H,13-14,16-21,33H2,(H,36,39)/t27-,29?/m1/s1. The smallest absolute Gasteiger partial charge is 0.245 e. The summed E-state index contributed by atoms with van der Waals surface area (Å²) in [6, 6.07) is 22.3. The highest BCUT2D eigenvalue weighted by molar-refractivity contribution is 6.30. The van der Waals surface area contributed by atoms with E-state index in [4.69, 9.17) is 17.3 Å². The van der Waals surface area contributed by atoms with E-state index in [1.807, 2.05) is 72.1 Å². The lowest BCUT2D eigenvalue weighted by molar-refractivity contribution is -0.137. The van der Waals surface area contributed by atoms with Gasteiger partial charge in [-0.05, 0) is 47.4 Å². The molecule has 3 aromatic rings. The summed E-state index contributed by atoms with van der Waals surface area (Å²) in [6.07, 6.45) is 1.13. The van der Waals surface area contributed by atoms with Crippen LogP contribution in [0, 0.1) is 6.54 Å². The van der Waals surface area contributed by atoms with Crippen LogP contribution in [0.3, 0.4) is 0 Å². The van der Waals surface area contributed by atoms with E-state index in [2.05, 4.69) is 33.0 Å². The largest absolute Gasteiger partial charge is 0.382 e. The third-order valence-electron chi connectivity index (χ3n) is 7.50. The van der Waals surface area contributed by atoms with E-state index in [0.717, 1.165) is 34.5 Å². The molecule has 5 rings (SSSR count). The summed E-state index contributed by atoms with van der Waals surface area (Å²) in [6.45, 7) is 5.67. The highest BCUT2D eigenvalue weighted by Crippen LogP contribution is 2.27. The molecule has 9 heteroatoms. The Labute approximate surface area is 240 Å². The fourth-order valence-corrected chi connectivity index (χ4v) is 5.53. The third kappa shape index (κ3) is 6.58. The lowest BCUT2D eigenvalue weighted by Crippen LogP contribution is -2.56. The van der Waals surface area contributed by atoms with Gasteiger partial charge < -0.3 is 26.2 Å². The van der Waals surface area contributed by atoms with Gasteiger partial charge in [-0.1, -0.05) is 60.1 Å². The van der Waals surface area contributed by atoms with Crippen LogP contribution in [0.2, 0.25) is 5.02 Å². The summed E-state index contributed by atoms with van der Waals surface area (Å²) in [5.41, 5.74) is 10.8. The van der Waals surface area contributed by atoms with Crippen molar-refractivity contribution in [3.8, 4) is 0 Å². The monoisotopic (exact) mass is 559 g/mol. The number of para-hydroxylation sites is 2. The Balaban J connectivity index is 1.30. The van der Waals surface area contributed by atoms with Gasteiger partial charge in [0.25, 0.3) is 0 Å². The Morgan fingerprint density at radius 3 is 2.48 bits per heavy atom. The van der Waals surface area contributed by atoms with Crippen LogP contribution < -0.4 is 26.6 Å². The summed E-state index contributed by atoms with van der Waals surface area (Å²) < 4.78 is 0. The highest BCUT2D eigenvalue weighted by Gasteiger charge is 2.33. The fraction of sp³-hybridized carbons (Fsp3) is 0.323. The van der Waals surface area contributed by atoms with Gasteiger partial charge in [0.05, 0.1) is 11.4 Å². The Morgan fingerprint density at radius 1 is 0.975 bits per heavy atom. The minimum atomic E-state index is -0.699. The van der Waals surface area contributed by atoms with E-state index < -0.39 is 12.1 Å². The average molecular weight is 560 g/mol. The van der Waals surface area contributed by atoms with Crippen molar-refractivity contribution in [1.29, 1.82) is 0 Å². The molecule has 1 saturated heterocycles.